The average Bonchev–Trinajstić information content (AvgIpc) is 2.77. The molecule has 0 radical (unpaired) electrons. The maximum atomic E-state index is 13.4. The van der Waals surface area contributed by atoms with Gasteiger partial charge in [0.2, 0.25) is 0 Å². The monoisotopic (exact) mass is 252 g/mol. The molecule has 0 saturated heterocycles. The van der Waals surface area contributed by atoms with Crippen molar-refractivity contribution >= 4 is 5.97 Å². The minimum Gasteiger partial charge on any atom is -0.477 e. The van der Waals surface area contributed by atoms with Crippen LogP contribution in [0.3, 0.4) is 0 Å². The lowest BCUT2D eigenvalue weighted by Crippen LogP contribution is -2.08. The highest BCUT2D eigenvalue weighted by atomic mass is 19.3. The zero-order chi connectivity index (χ0) is 13.3. The molecule has 0 aliphatic rings. The lowest BCUT2D eigenvalue weighted by molar-refractivity contribution is 0.0180. The number of aromatic nitrogens is 2. The van der Waals surface area contributed by atoms with Crippen molar-refractivity contribution in [3.05, 3.63) is 41.6 Å². The quantitative estimate of drug-likeness (QED) is 0.882. The number of carboxylic acids is 1. The molecule has 4 nitrogen and oxygen atoms in total. The normalized spacial score (nSPS) is 11.5. The predicted octanol–water partition coefficient (Wildman–Crippen LogP) is 2.89. The minimum atomic E-state index is -3.01. The van der Waals surface area contributed by atoms with Crippen molar-refractivity contribution in [2.45, 2.75) is 12.8 Å². The second-order valence-corrected chi connectivity index (χ2v) is 3.91. The molecule has 2 aromatic rings. The summed E-state index contributed by atoms with van der Waals surface area (Å²) >= 11 is 0. The summed E-state index contributed by atoms with van der Waals surface area (Å²) in [6, 6.07) is 7.10. The van der Waals surface area contributed by atoms with Crippen LogP contribution in [0.15, 0.2) is 30.3 Å². The van der Waals surface area contributed by atoms with Crippen LogP contribution in [0.25, 0.3) is 11.3 Å². The number of carboxylic acid groups (broad SMARTS) is 1. The summed E-state index contributed by atoms with van der Waals surface area (Å²) in [5.74, 6) is -4.20. The molecule has 0 unspecified atom stereocenters. The summed E-state index contributed by atoms with van der Waals surface area (Å²) in [4.78, 5) is 10.7. The van der Waals surface area contributed by atoms with Crippen molar-refractivity contribution in [2.75, 3.05) is 0 Å². The number of alkyl halides is 2. The molecule has 0 spiro atoms. The van der Waals surface area contributed by atoms with Crippen LogP contribution < -0.4 is 0 Å². The number of H-pyrrole nitrogens is 1. The average molecular weight is 252 g/mol. The fraction of sp³-hybridized carbons (Fsp3) is 0.167. The molecule has 0 bridgehead atoms. The smallest absolute Gasteiger partial charge is 0.353 e. The van der Waals surface area contributed by atoms with Crippen LogP contribution in [0.5, 0.6) is 0 Å². The van der Waals surface area contributed by atoms with Gasteiger partial charge in [-0.15, -0.1) is 0 Å². The number of hydrogen-bond donors (Lipinski definition) is 2. The first-order valence-electron chi connectivity index (χ1n) is 5.16. The van der Waals surface area contributed by atoms with E-state index in [4.69, 9.17) is 5.11 Å². The van der Waals surface area contributed by atoms with E-state index >= 15 is 0 Å². The largest absolute Gasteiger partial charge is 0.477 e. The standard InChI is InChI=1S/C12H10F2N2O2/c1-12(13,14)8-5-3-2-4-7(8)9-6-10(11(17)18)16-15-9/h2-6H,1H3,(H,15,16)(H,17,18). The van der Waals surface area contributed by atoms with Crippen molar-refractivity contribution in [1.29, 1.82) is 0 Å². The molecule has 2 rings (SSSR count). The number of aromatic carboxylic acids is 1. The molecule has 6 heteroatoms. The van der Waals surface area contributed by atoms with Crippen LogP contribution in [0.4, 0.5) is 8.78 Å². The van der Waals surface area contributed by atoms with Gasteiger partial charge in [0.15, 0.2) is 0 Å². The maximum Gasteiger partial charge on any atom is 0.353 e. The molecular formula is C12H10F2N2O2. The first-order chi connectivity index (χ1) is 8.39. The van der Waals surface area contributed by atoms with Crippen LogP contribution in [-0.2, 0) is 5.92 Å². The Hall–Kier alpha value is -2.24. The number of aromatic amines is 1. The van der Waals surface area contributed by atoms with Crippen LogP contribution in [0, 0.1) is 0 Å². The van der Waals surface area contributed by atoms with E-state index in [2.05, 4.69) is 10.2 Å². The van der Waals surface area contributed by atoms with E-state index in [1.54, 1.807) is 6.07 Å². The molecule has 2 N–H and O–H groups in total. The molecule has 1 aromatic heterocycles. The molecule has 1 aromatic carbocycles. The van der Waals surface area contributed by atoms with E-state index < -0.39 is 11.9 Å². The summed E-state index contributed by atoms with van der Waals surface area (Å²) < 4.78 is 26.8. The van der Waals surface area contributed by atoms with Crippen molar-refractivity contribution in [2.24, 2.45) is 0 Å². The zero-order valence-electron chi connectivity index (χ0n) is 9.45. The Labute approximate surface area is 101 Å². The molecule has 0 atom stereocenters. The molecule has 0 aliphatic carbocycles. The van der Waals surface area contributed by atoms with Gasteiger partial charge < -0.3 is 5.11 Å². The van der Waals surface area contributed by atoms with Gasteiger partial charge in [0.25, 0.3) is 5.92 Å². The van der Waals surface area contributed by atoms with Crippen molar-refractivity contribution < 1.29 is 18.7 Å². The van der Waals surface area contributed by atoms with Crippen LogP contribution in [0.1, 0.15) is 23.0 Å². The van der Waals surface area contributed by atoms with Gasteiger partial charge in [-0.05, 0) is 6.07 Å². The van der Waals surface area contributed by atoms with E-state index in [0.717, 1.165) is 6.92 Å². The number of benzene rings is 1. The van der Waals surface area contributed by atoms with Crippen LogP contribution in [-0.4, -0.2) is 21.3 Å². The topological polar surface area (TPSA) is 66.0 Å². The third kappa shape index (κ3) is 2.22. The zero-order valence-corrected chi connectivity index (χ0v) is 9.45. The third-order valence-electron chi connectivity index (χ3n) is 2.48. The Kier molecular flexibility index (Phi) is 2.86. The third-order valence-corrected chi connectivity index (χ3v) is 2.48. The Morgan fingerprint density at radius 2 is 2.06 bits per heavy atom. The summed E-state index contributed by atoms with van der Waals surface area (Å²) in [7, 11) is 0. The van der Waals surface area contributed by atoms with Crippen LogP contribution >= 0.6 is 0 Å². The second-order valence-electron chi connectivity index (χ2n) is 3.91. The SMILES string of the molecule is CC(F)(F)c1ccccc1-c1cc(C(=O)O)[nH]n1. The fourth-order valence-corrected chi connectivity index (χ4v) is 1.66. The molecule has 1 heterocycles. The highest BCUT2D eigenvalue weighted by Gasteiger charge is 2.28. The van der Waals surface area contributed by atoms with E-state index in [0.29, 0.717) is 0 Å². The summed E-state index contributed by atoms with van der Waals surface area (Å²) in [5, 5.41) is 14.8. The highest BCUT2D eigenvalue weighted by Crippen LogP contribution is 2.34. The van der Waals surface area contributed by atoms with Crippen molar-refractivity contribution in [1.82, 2.24) is 10.2 Å². The van der Waals surface area contributed by atoms with Crippen molar-refractivity contribution in [3.8, 4) is 11.3 Å². The first-order valence-corrected chi connectivity index (χ1v) is 5.16. The lowest BCUT2D eigenvalue weighted by Gasteiger charge is -2.14. The number of nitrogens with zero attached hydrogens (tertiary/aromatic N) is 1. The van der Waals surface area contributed by atoms with Crippen molar-refractivity contribution in [3.63, 3.8) is 0 Å². The summed E-state index contributed by atoms with van der Waals surface area (Å²) in [6.07, 6.45) is 0. The highest BCUT2D eigenvalue weighted by molar-refractivity contribution is 5.87. The Morgan fingerprint density at radius 1 is 1.39 bits per heavy atom. The number of hydrogen-bond acceptors (Lipinski definition) is 2. The van der Waals surface area contributed by atoms with Gasteiger partial charge in [0, 0.05) is 18.1 Å². The Morgan fingerprint density at radius 3 is 2.61 bits per heavy atom. The van der Waals surface area contributed by atoms with E-state index in [1.807, 2.05) is 0 Å². The van der Waals surface area contributed by atoms with Gasteiger partial charge in [-0.1, -0.05) is 24.3 Å². The van der Waals surface area contributed by atoms with Gasteiger partial charge >= 0.3 is 5.97 Å². The van der Waals surface area contributed by atoms with E-state index in [9.17, 15) is 13.6 Å². The lowest BCUT2D eigenvalue weighted by atomic mass is 10.00. The fourth-order valence-electron chi connectivity index (χ4n) is 1.66. The van der Waals surface area contributed by atoms with Gasteiger partial charge in [0.05, 0.1) is 5.69 Å². The van der Waals surface area contributed by atoms with E-state index in [-0.39, 0.29) is 22.5 Å². The van der Waals surface area contributed by atoms with Gasteiger partial charge in [-0.25, -0.2) is 13.6 Å². The Bertz CT molecular complexity index is 588. The predicted molar refractivity (Wildman–Crippen MR) is 60.6 cm³/mol. The molecule has 18 heavy (non-hydrogen) atoms. The molecule has 0 fully saturated rings. The van der Waals surface area contributed by atoms with E-state index in [1.165, 1.54) is 24.3 Å². The number of rotatable bonds is 3. The maximum absolute atomic E-state index is 13.4. The molecule has 94 valence electrons. The number of nitrogens with one attached hydrogen (secondary N) is 1. The Balaban J connectivity index is 2.53. The van der Waals surface area contributed by atoms with Gasteiger partial charge in [0.1, 0.15) is 5.69 Å². The summed E-state index contributed by atoms with van der Waals surface area (Å²) in [6.45, 7) is 0.788. The second kappa shape index (κ2) is 4.21. The van der Waals surface area contributed by atoms with Crippen LogP contribution in [0.2, 0.25) is 0 Å². The molecule has 0 amide bonds. The first kappa shape index (κ1) is 12.2. The molecular weight excluding hydrogens is 242 g/mol. The number of carbonyl (C=O) groups is 1. The minimum absolute atomic E-state index is 0.140. The number of halogens is 2. The molecule has 0 saturated carbocycles. The van der Waals surface area contributed by atoms with Gasteiger partial charge in [-0.3, -0.25) is 5.10 Å². The molecule has 0 aliphatic heterocycles. The summed E-state index contributed by atoms with van der Waals surface area (Å²) in [5.41, 5.74) is 0.0749. The van der Waals surface area contributed by atoms with Gasteiger partial charge in [-0.2, -0.15) is 5.10 Å².